The van der Waals surface area contributed by atoms with Crippen LogP contribution in [0.25, 0.3) is 0 Å². The smallest absolute Gasteiger partial charge is 0.410 e. The molecule has 0 saturated carbocycles. The van der Waals surface area contributed by atoms with Crippen LogP contribution in [0.2, 0.25) is 0 Å². The maximum atomic E-state index is 12.8. The molecule has 1 aliphatic rings. The molecule has 186 valence electrons. The second-order valence-corrected chi connectivity index (χ2v) is 11.9. The molecule has 1 aromatic carbocycles. The molecule has 1 N–H and O–H groups in total. The largest absolute Gasteiger partial charge is 0.444 e. The molecule has 0 radical (unpaired) electrons. The quantitative estimate of drug-likeness (QED) is 0.664. The predicted octanol–water partition coefficient (Wildman–Crippen LogP) is 3.83. The summed E-state index contributed by atoms with van der Waals surface area (Å²) in [6.45, 7) is 10.8. The molecule has 1 atom stereocenters. The van der Waals surface area contributed by atoms with E-state index in [-0.39, 0.29) is 29.0 Å². The zero-order valence-electron chi connectivity index (χ0n) is 20.8. The Morgan fingerprint density at radius 3 is 2.33 bits per heavy atom. The number of hydrogen-bond donors (Lipinski definition) is 1. The van der Waals surface area contributed by atoms with Crippen molar-refractivity contribution in [1.29, 1.82) is 0 Å². The van der Waals surface area contributed by atoms with Gasteiger partial charge in [-0.1, -0.05) is 0 Å². The lowest BCUT2D eigenvalue weighted by Crippen LogP contribution is -2.46. The number of hydrogen-bond acceptors (Lipinski definition) is 5. The number of benzene rings is 1. The summed E-state index contributed by atoms with van der Waals surface area (Å²) < 4.78 is 31.9. The zero-order chi connectivity index (χ0) is 25.0. The number of carbonyl (C=O) groups excluding carboxylic acids is 2. The Balaban J connectivity index is 1.95. The number of carbonyl (C=O) groups is 2. The van der Waals surface area contributed by atoms with E-state index in [4.69, 9.17) is 4.74 Å². The molecule has 1 unspecified atom stereocenters. The molecule has 0 aliphatic carbocycles. The van der Waals surface area contributed by atoms with E-state index < -0.39 is 15.6 Å². The summed E-state index contributed by atoms with van der Waals surface area (Å²) in [6, 6.07) is 5.79. The molecule has 1 aromatic rings. The number of amides is 3. The van der Waals surface area contributed by atoms with Crippen LogP contribution in [0, 0.1) is 5.92 Å². The fourth-order valence-corrected chi connectivity index (χ4v) is 4.92. The van der Waals surface area contributed by atoms with E-state index >= 15 is 0 Å². The molecular weight excluding hydrogens is 444 g/mol. The number of sulfonamides is 1. The summed E-state index contributed by atoms with van der Waals surface area (Å²) in [7, 11) is -0.322. The van der Waals surface area contributed by atoms with Gasteiger partial charge in [-0.05, 0) is 77.6 Å². The first kappa shape index (κ1) is 26.9. The molecule has 1 heterocycles. The molecule has 1 saturated heterocycles. The van der Waals surface area contributed by atoms with Crippen LogP contribution in [0.1, 0.15) is 47.5 Å². The van der Waals surface area contributed by atoms with Crippen molar-refractivity contribution in [3.05, 3.63) is 24.3 Å². The van der Waals surface area contributed by atoms with Gasteiger partial charge in [-0.15, -0.1) is 0 Å². The van der Waals surface area contributed by atoms with E-state index in [1.807, 2.05) is 34.6 Å². The standard InChI is InChI=1S/C23H38N4O5S/c1-17(2)26(7)33(30,31)20-12-10-19(11-13-20)24-21(28)27-14-8-9-18(16-27)15-25(6)22(29)32-23(3,4)5/h10-13,17-18H,8-9,14-16H2,1-7H3,(H,24,28). The van der Waals surface area contributed by atoms with Gasteiger partial charge in [-0.25, -0.2) is 18.0 Å². The highest BCUT2D eigenvalue weighted by molar-refractivity contribution is 7.89. The number of nitrogens with zero attached hydrogens (tertiary/aromatic N) is 3. The number of ether oxygens (including phenoxy) is 1. The highest BCUT2D eigenvalue weighted by Crippen LogP contribution is 2.22. The molecule has 1 fully saturated rings. The van der Waals surface area contributed by atoms with Gasteiger partial charge in [0.25, 0.3) is 0 Å². The molecule has 2 rings (SSSR count). The highest BCUT2D eigenvalue weighted by atomic mass is 32.2. The molecule has 33 heavy (non-hydrogen) atoms. The van der Waals surface area contributed by atoms with Crippen molar-refractivity contribution in [3.63, 3.8) is 0 Å². The topological polar surface area (TPSA) is 99.3 Å². The van der Waals surface area contributed by atoms with Gasteiger partial charge >= 0.3 is 12.1 Å². The Morgan fingerprint density at radius 2 is 1.79 bits per heavy atom. The third-order valence-corrected chi connectivity index (χ3v) is 7.60. The Labute approximate surface area is 198 Å². The van der Waals surface area contributed by atoms with Crippen molar-refractivity contribution in [3.8, 4) is 0 Å². The Bertz CT molecular complexity index is 925. The Morgan fingerprint density at radius 1 is 1.18 bits per heavy atom. The summed E-state index contributed by atoms with van der Waals surface area (Å²) in [5.74, 6) is 0.154. The van der Waals surface area contributed by atoms with Crippen molar-refractivity contribution in [1.82, 2.24) is 14.1 Å². The van der Waals surface area contributed by atoms with E-state index in [2.05, 4.69) is 5.32 Å². The summed E-state index contributed by atoms with van der Waals surface area (Å²) in [4.78, 5) is 28.5. The Kier molecular flexibility index (Phi) is 8.75. The van der Waals surface area contributed by atoms with Crippen molar-refractivity contribution in [2.24, 2.45) is 5.92 Å². The van der Waals surface area contributed by atoms with Gasteiger partial charge in [-0.2, -0.15) is 4.31 Å². The average molecular weight is 483 g/mol. The number of likely N-dealkylation sites (tertiary alicyclic amines) is 1. The Hall–Kier alpha value is -2.33. The van der Waals surface area contributed by atoms with Crippen molar-refractivity contribution in [2.75, 3.05) is 39.0 Å². The fourth-order valence-electron chi connectivity index (χ4n) is 3.56. The average Bonchev–Trinajstić information content (AvgIpc) is 2.72. The second-order valence-electron chi connectivity index (χ2n) is 9.88. The van der Waals surface area contributed by atoms with E-state index in [0.717, 1.165) is 12.8 Å². The van der Waals surface area contributed by atoms with Gasteiger partial charge in [0.2, 0.25) is 10.0 Å². The van der Waals surface area contributed by atoms with Crippen LogP contribution in [0.15, 0.2) is 29.2 Å². The minimum Gasteiger partial charge on any atom is -0.444 e. The number of piperidine rings is 1. The highest BCUT2D eigenvalue weighted by Gasteiger charge is 2.28. The molecule has 9 nitrogen and oxygen atoms in total. The lowest BCUT2D eigenvalue weighted by molar-refractivity contribution is 0.0253. The summed E-state index contributed by atoms with van der Waals surface area (Å²) >= 11 is 0. The number of nitrogens with one attached hydrogen (secondary N) is 1. The lowest BCUT2D eigenvalue weighted by atomic mass is 9.98. The van der Waals surface area contributed by atoms with E-state index in [1.54, 1.807) is 36.0 Å². The van der Waals surface area contributed by atoms with Gasteiger partial charge in [0.1, 0.15) is 5.60 Å². The predicted molar refractivity (Wildman–Crippen MR) is 129 cm³/mol. The first-order valence-corrected chi connectivity index (χ1v) is 12.7. The third-order valence-electron chi connectivity index (χ3n) is 5.55. The van der Waals surface area contributed by atoms with Crippen molar-refractivity contribution >= 4 is 27.8 Å². The van der Waals surface area contributed by atoms with Crippen LogP contribution >= 0.6 is 0 Å². The van der Waals surface area contributed by atoms with Crippen LogP contribution in [0.3, 0.4) is 0 Å². The van der Waals surface area contributed by atoms with Crippen molar-refractivity contribution < 1.29 is 22.7 Å². The fraction of sp³-hybridized carbons (Fsp3) is 0.652. The van der Waals surface area contributed by atoms with E-state index in [1.165, 1.54) is 16.4 Å². The lowest BCUT2D eigenvalue weighted by Gasteiger charge is -2.35. The van der Waals surface area contributed by atoms with Crippen LogP contribution in [-0.2, 0) is 14.8 Å². The summed E-state index contributed by atoms with van der Waals surface area (Å²) in [6.07, 6.45) is 1.40. The van der Waals surface area contributed by atoms with E-state index in [0.29, 0.717) is 25.3 Å². The van der Waals surface area contributed by atoms with Crippen molar-refractivity contribution in [2.45, 2.75) is 64.0 Å². The van der Waals surface area contributed by atoms with E-state index in [9.17, 15) is 18.0 Å². The minimum absolute atomic E-state index is 0.154. The summed E-state index contributed by atoms with van der Waals surface area (Å²) in [5.41, 5.74) is -0.0257. The monoisotopic (exact) mass is 482 g/mol. The van der Waals surface area contributed by atoms with Gasteiger partial charge in [0.05, 0.1) is 4.90 Å². The number of anilines is 1. The van der Waals surface area contributed by atoms with Crippen LogP contribution < -0.4 is 5.32 Å². The molecule has 0 bridgehead atoms. The SMILES string of the molecule is CC(C)N(C)S(=O)(=O)c1ccc(NC(=O)N2CCCC(CN(C)C(=O)OC(C)(C)C)C2)cc1. The first-order chi connectivity index (χ1) is 15.2. The van der Waals surface area contributed by atoms with Crippen LogP contribution in [-0.4, -0.2) is 80.0 Å². The third kappa shape index (κ3) is 7.60. The second kappa shape index (κ2) is 10.7. The first-order valence-electron chi connectivity index (χ1n) is 11.3. The maximum absolute atomic E-state index is 12.8. The molecule has 0 aromatic heterocycles. The molecule has 1 aliphatic heterocycles. The zero-order valence-corrected chi connectivity index (χ0v) is 21.6. The van der Waals surface area contributed by atoms with Gasteiger partial charge in [-0.3, -0.25) is 0 Å². The molecule has 0 spiro atoms. The number of rotatable bonds is 6. The summed E-state index contributed by atoms with van der Waals surface area (Å²) in [5, 5.41) is 2.84. The maximum Gasteiger partial charge on any atom is 0.410 e. The normalized spacial score (nSPS) is 17.2. The molecule has 10 heteroatoms. The minimum atomic E-state index is -3.57. The van der Waals surface area contributed by atoms with Gasteiger partial charge < -0.3 is 19.9 Å². The van der Waals surface area contributed by atoms with Gasteiger partial charge in [0.15, 0.2) is 0 Å². The molecule has 3 amide bonds. The van der Waals surface area contributed by atoms with Gasteiger partial charge in [0, 0.05) is 45.5 Å². The molecular formula is C23H38N4O5S. The van der Waals surface area contributed by atoms with Crippen LogP contribution in [0.5, 0.6) is 0 Å². The van der Waals surface area contributed by atoms with Crippen LogP contribution in [0.4, 0.5) is 15.3 Å². The number of urea groups is 1.